The lowest BCUT2D eigenvalue weighted by molar-refractivity contribution is 0.520. The lowest BCUT2D eigenvalue weighted by atomic mass is 10.4. The molecule has 1 aromatic heterocycles. The van der Waals surface area contributed by atoms with Crippen LogP contribution in [-0.2, 0) is 19.9 Å². The van der Waals surface area contributed by atoms with E-state index in [0.717, 1.165) is 4.31 Å². The average Bonchev–Trinajstić information content (AvgIpc) is 2.39. The summed E-state index contributed by atoms with van der Waals surface area (Å²) in [5.41, 5.74) is 0. The first-order valence-corrected chi connectivity index (χ1v) is 9.28. The van der Waals surface area contributed by atoms with Crippen molar-refractivity contribution in [3.63, 3.8) is 0 Å². The van der Waals surface area contributed by atoms with Gasteiger partial charge < -0.3 is 5.32 Å². The van der Waals surface area contributed by atoms with Gasteiger partial charge in [-0.05, 0) is 12.1 Å². The van der Waals surface area contributed by atoms with Crippen molar-refractivity contribution in [3.8, 4) is 0 Å². The van der Waals surface area contributed by atoms with Crippen LogP contribution in [0.15, 0.2) is 23.2 Å². The molecular weight excluding hydrogens is 302 g/mol. The predicted molar refractivity (Wildman–Crippen MR) is 77.9 cm³/mol. The zero-order valence-electron chi connectivity index (χ0n) is 11.7. The molecule has 114 valence electrons. The highest BCUT2D eigenvalue weighted by Gasteiger charge is 2.17. The Hall–Kier alpha value is -1.19. The zero-order valence-corrected chi connectivity index (χ0v) is 13.3. The van der Waals surface area contributed by atoms with Crippen molar-refractivity contribution in [2.24, 2.45) is 0 Å². The Labute approximate surface area is 120 Å². The second-order valence-electron chi connectivity index (χ2n) is 4.33. The van der Waals surface area contributed by atoms with Crippen LogP contribution in [0.5, 0.6) is 0 Å². The third-order valence-electron chi connectivity index (χ3n) is 2.67. The summed E-state index contributed by atoms with van der Waals surface area (Å²) in [4.78, 5) is 4.05. The minimum atomic E-state index is -3.49. The lowest BCUT2D eigenvalue weighted by Gasteiger charge is -2.11. The van der Waals surface area contributed by atoms with Gasteiger partial charge in [-0.25, -0.2) is 26.1 Å². The molecule has 0 spiro atoms. The fraction of sp³-hybridized carbons (Fsp3) is 0.545. The molecule has 7 nitrogen and oxygen atoms in total. The van der Waals surface area contributed by atoms with Crippen molar-refractivity contribution >= 4 is 25.7 Å². The fourth-order valence-corrected chi connectivity index (χ4v) is 2.88. The van der Waals surface area contributed by atoms with E-state index >= 15 is 0 Å². The summed E-state index contributed by atoms with van der Waals surface area (Å²) in [5, 5.41) is 2.84. The SMILES string of the molecule is CCS(=O)(=O)CCNc1ccc(S(=O)(=O)N(C)C)cn1. The first-order chi connectivity index (χ1) is 9.19. The average molecular weight is 321 g/mol. The van der Waals surface area contributed by atoms with Crippen LogP contribution < -0.4 is 5.32 Å². The number of rotatable bonds is 7. The van der Waals surface area contributed by atoms with Crippen molar-refractivity contribution < 1.29 is 16.8 Å². The van der Waals surface area contributed by atoms with E-state index in [1.807, 2.05) is 0 Å². The maximum atomic E-state index is 11.8. The van der Waals surface area contributed by atoms with Gasteiger partial charge in [-0.3, -0.25) is 0 Å². The van der Waals surface area contributed by atoms with Gasteiger partial charge in [0.2, 0.25) is 10.0 Å². The molecule has 1 aromatic rings. The van der Waals surface area contributed by atoms with E-state index in [-0.39, 0.29) is 22.9 Å². The smallest absolute Gasteiger partial charge is 0.244 e. The van der Waals surface area contributed by atoms with Crippen molar-refractivity contribution in [1.82, 2.24) is 9.29 Å². The van der Waals surface area contributed by atoms with E-state index in [9.17, 15) is 16.8 Å². The molecule has 0 saturated carbocycles. The Kier molecular flexibility index (Phi) is 5.49. The standard InChI is InChI=1S/C11H19N3O4S2/c1-4-19(15,16)8-7-12-11-6-5-10(9-13-11)20(17,18)14(2)3/h5-6,9H,4,7-8H2,1-3H3,(H,12,13). The molecule has 0 radical (unpaired) electrons. The van der Waals surface area contributed by atoms with Crippen LogP contribution >= 0.6 is 0 Å². The Morgan fingerprint density at radius 1 is 1.20 bits per heavy atom. The quantitative estimate of drug-likeness (QED) is 0.769. The van der Waals surface area contributed by atoms with Crippen LogP contribution in [0.25, 0.3) is 0 Å². The Bertz CT molecular complexity index is 637. The molecule has 0 aromatic carbocycles. The summed E-state index contributed by atoms with van der Waals surface area (Å²) >= 11 is 0. The molecule has 20 heavy (non-hydrogen) atoms. The number of aromatic nitrogens is 1. The number of hydrogen-bond acceptors (Lipinski definition) is 6. The number of sulfone groups is 1. The molecule has 1 N–H and O–H groups in total. The molecule has 0 aliphatic rings. The molecule has 0 atom stereocenters. The van der Waals surface area contributed by atoms with Crippen LogP contribution in [0.2, 0.25) is 0 Å². The molecule has 0 fully saturated rings. The van der Waals surface area contributed by atoms with Crippen LogP contribution in [-0.4, -0.2) is 58.3 Å². The number of hydrogen-bond donors (Lipinski definition) is 1. The topological polar surface area (TPSA) is 96.4 Å². The molecule has 0 aliphatic heterocycles. The molecule has 9 heteroatoms. The Balaban J connectivity index is 2.69. The summed E-state index contributed by atoms with van der Waals surface area (Å²) in [5.74, 6) is 0.555. The fourth-order valence-electron chi connectivity index (χ4n) is 1.33. The monoisotopic (exact) mass is 321 g/mol. The van der Waals surface area contributed by atoms with Gasteiger partial charge in [0.25, 0.3) is 0 Å². The maximum Gasteiger partial charge on any atom is 0.244 e. The van der Waals surface area contributed by atoms with E-state index in [1.165, 1.54) is 32.4 Å². The molecule has 1 rings (SSSR count). The van der Waals surface area contributed by atoms with Gasteiger partial charge in [0, 0.05) is 32.6 Å². The van der Waals surface area contributed by atoms with Crippen LogP contribution in [0.3, 0.4) is 0 Å². The molecule has 1 heterocycles. The van der Waals surface area contributed by atoms with Gasteiger partial charge in [-0.2, -0.15) is 0 Å². The first-order valence-electron chi connectivity index (χ1n) is 6.02. The van der Waals surface area contributed by atoms with Gasteiger partial charge in [0.15, 0.2) is 9.84 Å². The molecule has 0 bridgehead atoms. The van der Waals surface area contributed by atoms with Gasteiger partial charge in [-0.15, -0.1) is 0 Å². The third kappa shape index (κ3) is 4.43. The number of pyridine rings is 1. The first kappa shape index (κ1) is 16.9. The molecule has 0 aliphatic carbocycles. The maximum absolute atomic E-state index is 11.8. The summed E-state index contributed by atoms with van der Waals surface area (Å²) in [6.07, 6.45) is 1.24. The summed E-state index contributed by atoms with van der Waals surface area (Å²) in [6.45, 7) is 1.83. The summed E-state index contributed by atoms with van der Waals surface area (Å²) < 4.78 is 47.3. The van der Waals surface area contributed by atoms with E-state index in [0.29, 0.717) is 5.82 Å². The molecule has 0 unspecified atom stereocenters. The number of nitrogens with zero attached hydrogens (tertiary/aromatic N) is 2. The summed E-state index contributed by atoms with van der Waals surface area (Å²) in [7, 11) is -3.64. The molecular formula is C11H19N3O4S2. The van der Waals surface area contributed by atoms with Gasteiger partial charge in [0.1, 0.15) is 10.7 Å². The molecule has 0 saturated heterocycles. The van der Waals surface area contributed by atoms with E-state index in [1.54, 1.807) is 6.92 Å². The van der Waals surface area contributed by atoms with Crippen molar-refractivity contribution in [1.29, 1.82) is 0 Å². The molecule has 0 amide bonds. The van der Waals surface area contributed by atoms with Crippen LogP contribution in [0, 0.1) is 0 Å². The Morgan fingerprint density at radius 3 is 2.30 bits per heavy atom. The number of nitrogens with one attached hydrogen (secondary N) is 1. The Morgan fingerprint density at radius 2 is 1.85 bits per heavy atom. The summed E-state index contributed by atoms with van der Waals surface area (Å²) in [6, 6.07) is 2.94. The highest BCUT2D eigenvalue weighted by molar-refractivity contribution is 7.91. The van der Waals surface area contributed by atoms with Crippen molar-refractivity contribution in [2.75, 3.05) is 37.5 Å². The van der Waals surface area contributed by atoms with Gasteiger partial charge in [0.05, 0.1) is 5.75 Å². The third-order valence-corrected chi connectivity index (χ3v) is 6.18. The van der Waals surface area contributed by atoms with Crippen molar-refractivity contribution in [3.05, 3.63) is 18.3 Å². The highest BCUT2D eigenvalue weighted by atomic mass is 32.2. The van der Waals surface area contributed by atoms with Crippen molar-refractivity contribution in [2.45, 2.75) is 11.8 Å². The second-order valence-corrected chi connectivity index (χ2v) is 8.95. The van der Waals surface area contributed by atoms with Gasteiger partial charge in [-0.1, -0.05) is 6.92 Å². The lowest BCUT2D eigenvalue weighted by Crippen LogP contribution is -2.22. The minimum absolute atomic E-state index is 0.0168. The normalized spacial score (nSPS) is 12.6. The van der Waals surface area contributed by atoms with E-state index in [4.69, 9.17) is 0 Å². The highest BCUT2D eigenvalue weighted by Crippen LogP contribution is 2.13. The van der Waals surface area contributed by atoms with Crippen LogP contribution in [0.1, 0.15) is 6.92 Å². The second kappa shape index (κ2) is 6.51. The zero-order chi connectivity index (χ0) is 15.4. The minimum Gasteiger partial charge on any atom is -0.369 e. The number of sulfonamides is 1. The largest absolute Gasteiger partial charge is 0.369 e. The number of anilines is 1. The van der Waals surface area contributed by atoms with Gasteiger partial charge >= 0.3 is 0 Å². The van der Waals surface area contributed by atoms with Crippen LogP contribution in [0.4, 0.5) is 5.82 Å². The predicted octanol–water partition coefficient (Wildman–Crippen LogP) is 0.179. The van der Waals surface area contributed by atoms with E-state index < -0.39 is 19.9 Å². The van der Waals surface area contributed by atoms with E-state index in [2.05, 4.69) is 10.3 Å².